The number of anilines is 1. The third-order valence-electron chi connectivity index (χ3n) is 4.85. The minimum atomic E-state index is 0.404. The zero-order valence-electron chi connectivity index (χ0n) is 14.8. The summed E-state index contributed by atoms with van der Waals surface area (Å²) in [4.78, 5) is 11.9. The van der Waals surface area contributed by atoms with E-state index in [9.17, 15) is 0 Å². The van der Waals surface area contributed by atoms with Gasteiger partial charge in [0, 0.05) is 36.8 Å². The van der Waals surface area contributed by atoms with E-state index in [1.165, 1.54) is 6.42 Å². The maximum Gasteiger partial charge on any atom is 0.157 e. The zero-order chi connectivity index (χ0) is 17.4. The van der Waals surface area contributed by atoms with Crippen LogP contribution in [0.3, 0.4) is 0 Å². The maximum absolute atomic E-state index is 6.19. The fourth-order valence-corrected chi connectivity index (χ4v) is 3.70. The molecule has 6 heteroatoms. The van der Waals surface area contributed by atoms with Crippen LogP contribution in [0.1, 0.15) is 41.5 Å². The molecule has 2 N–H and O–H groups in total. The summed E-state index contributed by atoms with van der Waals surface area (Å²) in [7, 11) is 0. The number of nitrogen functional groups attached to an aromatic ring is 1. The first kappa shape index (κ1) is 16.0. The topological polar surface area (TPSA) is 72.3 Å². The van der Waals surface area contributed by atoms with Crippen LogP contribution in [-0.2, 0) is 6.54 Å². The van der Waals surface area contributed by atoms with Crippen molar-refractivity contribution in [1.82, 2.24) is 24.5 Å². The standard InChI is InChI=1S/C19H24N6/c1-13-5-3-7-16(21-13)12-24-8-4-6-15(11-24)17-10-18(20)25-19(22-17)9-14(2)23-25/h3,5,7,9-10,15H,4,6,8,11-12,20H2,1-2H3. The molecule has 1 atom stereocenters. The van der Waals surface area contributed by atoms with E-state index < -0.39 is 0 Å². The van der Waals surface area contributed by atoms with Gasteiger partial charge in [-0.2, -0.15) is 9.61 Å². The van der Waals surface area contributed by atoms with Crippen molar-refractivity contribution < 1.29 is 0 Å². The van der Waals surface area contributed by atoms with Gasteiger partial charge in [0.2, 0.25) is 0 Å². The lowest BCUT2D eigenvalue weighted by Gasteiger charge is -2.32. The van der Waals surface area contributed by atoms with Gasteiger partial charge < -0.3 is 5.73 Å². The number of nitrogens with two attached hydrogens (primary N) is 1. The highest BCUT2D eigenvalue weighted by Crippen LogP contribution is 2.28. The summed E-state index contributed by atoms with van der Waals surface area (Å²) in [6.07, 6.45) is 2.31. The van der Waals surface area contributed by atoms with Gasteiger partial charge in [0.1, 0.15) is 5.82 Å². The monoisotopic (exact) mass is 336 g/mol. The number of pyridine rings is 1. The van der Waals surface area contributed by atoms with Crippen LogP contribution in [0.5, 0.6) is 0 Å². The summed E-state index contributed by atoms with van der Waals surface area (Å²) >= 11 is 0. The molecule has 0 radical (unpaired) electrons. The van der Waals surface area contributed by atoms with E-state index >= 15 is 0 Å². The molecule has 1 saturated heterocycles. The van der Waals surface area contributed by atoms with Crippen LogP contribution in [0.25, 0.3) is 5.65 Å². The highest BCUT2D eigenvalue weighted by molar-refractivity contribution is 5.48. The molecule has 4 rings (SSSR count). The van der Waals surface area contributed by atoms with Gasteiger partial charge in [-0.1, -0.05) is 6.07 Å². The summed E-state index contributed by atoms with van der Waals surface area (Å²) in [5, 5.41) is 4.39. The van der Waals surface area contributed by atoms with E-state index in [0.717, 1.165) is 54.5 Å². The molecular formula is C19H24N6. The summed E-state index contributed by atoms with van der Waals surface area (Å²) in [5.41, 5.74) is 11.2. The lowest BCUT2D eigenvalue weighted by atomic mass is 9.94. The average Bonchev–Trinajstić information content (AvgIpc) is 2.96. The van der Waals surface area contributed by atoms with Crippen molar-refractivity contribution >= 4 is 11.5 Å². The number of rotatable bonds is 3. The van der Waals surface area contributed by atoms with Gasteiger partial charge in [-0.25, -0.2) is 4.98 Å². The predicted molar refractivity (Wildman–Crippen MR) is 98.4 cm³/mol. The van der Waals surface area contributed by atoms with E-state index in [4.69, 9.17) is 10.7 Å². The van der Waals surface area contributed by atoms with Gasteiger partial charge >= 0.3 is 0 Å². The van der Waals surface area contributed by atoms with E-state index in [0.29, 0.717) is 11.7 Å². The van der Waals surface area contributed by atoms with E-state index in [-0.39, 0.29) is 0 Å². The van der Waals surface area contributed by atoms with Crippen LogP contribution in [0.4, 0.5) is 5.82 Å². The number of hydrogen-bond acceptors (Lipinski definition) is 5. The average molecular weight is 336 g/mol. The molecule has 1 aliphatic rings. The van der Waals surface area contributed by atoms with Crippen molar-refractivity contribution in [3.63, 3.8) is 0 Å². The molecule has 3 aromatic heterocycles. The molecule has 0 spiro atoms. The third kappa shape index (κ3) is 3.35. The van der Waals surface area contributed by atoms with Crippen molar-refractivity contribution in [3.8, 4) is 0 Å². The van der Waals surface area contributed by atoms with Gasteiger partial charge in [-0.15, -0.1) is 0 Å². The van der Waals surface area contributed by atoms with Crippen molar-refractivity contribution in [2.75, 3.05) is 18.8 Å². The van der Waals surface area contributed by atoms with Gasteiger partial charge in [0.15, 0.2) is 5.65 Å². The molecule has 1 unspecified atom stereocenters. The largest absolute Gasteiger partial charge is 0.384 e. The Bertz CT molecular complexity index is 900. The number of fused-ring (bicyclic) bond motifs is 1. The lowest BCUT2D eigenvalue weighted by molar-refractivity contribution is 0.196. The Labute approximate surface area is 147 Å². The van der Waals surface area contributed by atoms with Crippen LogP contribution in [0.2, 0.25) is 0 Å². The molecule has 25 heavy (non-hydrogen) atoms. The summed E-state index contributed by atoms with van der Waals surface area (Å²) < 4.78 is 1.72. The molecule has 6 nitrogen and oxygen atoms in total. The van der Waals surface area contributed by atoms with Crippen molar-refractivity contribution in [1.29, 1.82) is 0 Å². The second-order valence-electron chi connectivity index (χ2n) is 7.01. The maximum atomic E-state index is 6.19. The number of aromatic nitrogens is 4. The first-order chi connectivity index (χ1) is 12.1. The predicted octanol–water partition coefficient (Wildman–Crippen LogP) is 2.70. The highest BCUT2D eigenvalue weighted by atomic mass is 15.3. The van der Waals surface area contributed by atoms with E-state index in [1.807, 2.05) is 32.0 Å². The highest BCUT2D eigenvalue weighted by Gasteiger charge is 2.23. The molecule has 1 fully saturated rings. The number of aryl methyl sites for hydroxylation is 2. The molecule has 0 bridgehead atoms. The fourth-order valence-electron chi connectivity index (χ4n) is 3.70. The summed E-state index contributed by atoms with van der Waals surface area (Å²) in [6.45, 7) is 6.99. The summed E-state index contributed by atoms with van der Waals surface area (Å²) in [6, 6.07) is 10.2. The second-order valence-corrected chi connectivity index (χ2v) is 7.01. The fraction of sp³-hybridized carbons (Fsp3) is 0.421. The molecule has 3 aromatic rings. The van der Waals surface area contributed by atoms with Crippen LogP contribution in [0, 0.1) is 13.8 Å². The molecule has 1 aliphatic heterocycles. The molecule has 130 valence electrons. The van der Waals surface area contributed by atoms with Crippen molar-refractivity contribution in [2.24, 2.45) is 0 Å². The van der Waals surface area contributed by atoms with Crippen LogP contribution >= 0.6 is 0 Å². The van der Waals surface area contributed by atoms with Gasteiger partial charge in [0.25, 0.3) is 0 Å². The van der Waals surface area contributed by atoms with Crippen LogP contribution < -0.4 is 5.73 Å². The number of piperidine rings is 1. The Kier molecular flexibility index (Phi) is 4.13. The smallest absolute Gasteiger partial charge is 0.157 e. The molecule has 0 amide bonds. The number of likely N-dealkylation sites (tertiary alicyclic amines) is 1. The minimum absolute atomic E-state index is 0.404. The Morgan fingerprint density at radius 2 is 2.04 bits per heavy atom. The quantitative estimate of drug-likeness (QED) is 0.796. The zero-order valence-corrected chi connectivity index (χ0v) is 14.8. The molecule has 4 heterocycles. The van der Waals surface area contributed by atoms with Gasteiger partial charge in [-0.3, -0.25) is 9.88 Å². The molecule has 0 aromatic carbocycles. The third-order valence-corrected chi connectivity index (χ3v) is 4.85. The molecule has 0 saturated carbocycles. The molecular weight excluding hydrogens is 312 g/mol. The van der Waals surface area contributed by atoms with E-state index in [2.05, 4.69) is 27.1 Å². The Morgan fingerprint density at radius 1 is 1.16 bits per heavy atom. The van der Waals surface area contributed by atoms with Crippen LogP contribution in [0.15, 0.2) is 30.3 Å². The Morgan fingerprint density at radius 3 is 2.88 bits per heavy atom. The van der Waals surface area contributed by atoms with E-state index in [1.54, 1.807) is 4.52 Å². The number of hydrogen-bond donors (Lipinski definition) is 1. The van der Waals surface area contributed by atoms with Crippen molar-refractivity contribution in [3.05, 3.63) is 53.1 Å². The van der Waals surface area contributed by atoms with Gasteiger partial charge in [0.05, 0.1) is 17.1 Å². The Hall–Kier alpha value is -2.47. The first-order valence-corrected chi connectivity index (χ1v) is 8.86. The molecule has 0 aliphatic carbocycles. The number of nitrogens with zero attached hydrogens (tertiary/aromatic N) is 5. The normalized spacial score (nSPS) is 18.7. The van der Waals surface area contributed by atoms with Crippen molar-refractivity contribution in [2.45, 2.75) is 39.2 Å². The second kappa shape index (κ2) is 6.44. The SMILES string of the molecule is Cc1cccc(CN2CCCC(c3cc(N)n4nc(C)cc4n3)C2)n1. The Balaban J connectivity index is 1.54. The van der Waals surface area contributed by atoms with Crippen LogP contribution in [-0.4, -0.2) is 37.6 Å². The minimum Gasteiger partial charge on any atom is -0.384 e. The first-order valence-electron chi connectivity index (χ1n) is 8.86. The van der Waals surface area contributed by atoms with Gasteiger partial charge in [-0.05, 0) is 45.4 Å². The summed E-state index contributed by atoms with van der Waals surface area (Å²) in [5.74, 6) is 1.06. The lowest BCUT2D eigenvalue weighted by Crippen LogP contribution is -2.34.